The van der Waals surface area contributed by atoms with Gasteiger partial charge in [0.1, 0.15) is 6.10 Å². The van der Waals surface area contributed by atoms with Gasteiger partial charge < -0.3 is 15.2 Å². The van der Waals surface area contributed by atoms with Crippen LogP contribution in [0.25, 0.3) is 0 Å². The predicted molar refractivity (Wildman–Crippen MR) is 98.5 cm³/mol. The molecule has 26 heavy (non-hydrogen) atoms. The van der Waals surface area contributed by atoms with E-state index in [0.29, 0.717) is 30.7 Å². The number of benzene rings is 1. The normalized spacial score (nSPS) is 23.6. The lowest BCUT2D eigenvalue weighted by molar-refractivity contribution is -0.128. The summed E-state index contributed by atoms with van der Waals surface area (Å²) in [5.41, 5.74) is 0. The standard InChI is InChI=1S/C17H25ClN2O5S/c1-2-17(22)20-15-8-5-13(25-16(15)11-21)9-10-19-26(23,24)14-6-3-12(18)4-7-14/h3-4,6-7,13,15-16,19,21H,2,5,8-11H2,1H3,(H,20,22)/t13-,15-,16-/m0/s1. The molecule has 1 fully saturated rings. The Morgan fingerprint density at radius 3 is 2.62 bits per heavy atom. The molecule has 1 aromatic carbocycles. The highest BCUT2D eigenvalue weighted by atomic mass is 35.5. The summed E-state index contributed by atoms with van der Waals surface area (Å²) < 4.78 is 32.8. The number of amides is 1. The number of aliphatic hydroxyl groups is 1. The number of carbonyl (C=O) groups is 1. The Morgan fingerprint density at radius 2 is 2.00 bits per heavy atom. The van der Waals surface area contributed by atoms with E-state index in [9.17, 15) is 18.3 Å². The molecule has 1 heterocycles. The van der Waals surface area contributed by atoms with Gasteiger partial charge in [0.15, 0.2) is 0 Å². The first-order chi connectivity index (χ1) is 12.4. The lowest BCUT2D eigenvalue weighted by Crippen LogP contribution is -2.51. The molecule has 0 aromatic heterocycles. The van der Waals surface area contributed by atoms with Crippen molar-refractivity contribution in [1.29, 1.82) is 0 Å². The number of nitrogens with one attached hydrogen (secondary N) is 2. The van der Waals surface area contributed by atoms with Gasteiger partial charge in [0.25, 0.3) is 0 Å². The van der Waals surface area contributed by atoms with E-state index >= 15 is 0 Å². The Morgan fingerprint density at radius 1 is 1.31 bits per heavy atom. The SMILES string of the molecule is CCC(=O)N[C@H]1CC[C@@H](CCNS(=O)(=O)c2ccc(Cl)cc2)O[C@H]1CO. The van der Waals surface area contributed by atoms with E-state index in [0.717, 1.165) is 0 Å². The molecule has 1 amide bonds. The van der Waals surface area contributed by atoms with Crippen molar-refractivity contribution in [3.63, 3.8) is 0 Å². The molecule has 7 nitrogen and oxygen atoms in total. The van der Waals surface area contributed by atoms with Crippen LogP contribution in [0.15, 0.2) is 29.2 Å². The molecule has 9 heteroatoms. The zero-order valence-corrected chi connectivity index (χ0v) is 16.2. The fourth-order valence-corrected chi connectivity index (χ4v) is 4.04. The Kier molecular flexibility index (Phi) is 7.85. The van der Waals surface area contributed by atoms with Crippen LogP contribution in [-0.2, 0) is 19.6 Å². The highest BCUT2D eigenvalue weighted by Crippen LogP contribution is 2.22. The van der Waals surface area contributed by atoms with Crippen molar-refractivity contribution >= 4 is 27.5 Å². The topological polar surface area (TPSA) is 105 Å². The van der Waals surface area contributed by atoms with Gasteiger partial charge in [-0.3, -0.25) is 4.79 Å². The summed E-state index contributed by atoms with van der Waals surface area (Å²) >= 11 is 5.77. The summed E-state index contributed by atoms with van der Waals surface area (Å²) in [7, 11) is -3.60. The van der Waals surface area contributed by atoms with Gasteiger partial charge in [0, 0.05) is 18.0 Å². The van der Waals surface area contributed by atoms with Crippen molar-refractivity contribution in [2.24, 2.45) is 0 Å². The van der Waals surface area contributed by atoms with Crippen molar-refractivity contribution in [2.75, 3.05) is 13.2 Å². The third kappa shape index (κ3) is 5.92. The molecular formula is C17H25ClN2O5S. The van der Waals surface area contributed by atoms with Crippen LogP contribution < -0.4 is 10.0 Å². The highest BCUT2D eigenvalue weighted by Gasteiger charge is 2.31. The van der Waals surface area contributed by atoms with Gasteiger partial charge in [0.2, 0.25) is 15.9 Å². The van der Waals surface area contributed by atoms with Gasteiger partial charge in [-0.05, 0) is 43.5 Å². The zero-order valence-electron chi connectivity index (χ0n) is 14.7. The lowest BCUT2D eigenvalue weighted by atomic mass is 9.97. The van der Waals surface area contributed by atoms with Crippen molar-refractivity contribution in [3.05, 3.63) is 29.3 Å². The largest absolute Gasteiger partial charge is 0.394 e. The van der Waals surface area contributed by atoms with E-state index in [1.54, 1.807) is 6.92 Å². The quantitative estimate of drug-likeness (QED) is 0.608. The summed E-state index contributed by atoms with van der Waals surface area (Å²) in [6, 6.07) is 5.73. The summed E-state index contributed by atoms with van der Waals surface area (Å²) in [5, 5.41) is 12.8. The van der Waals surface area contributed by atoms with Crippen LogP contribution in [0.4, 0.5) is 0 Å². The Hall–Kier alpha value is -1.19. The molecule has 0 radical (unpaired) electrons. The maximum absolute atomic E-state index is 12.2. The van der Waals surface area contributed by atoms with E-state index in [1.165, 1.54) is 24.3 Å². The van der Waals surface area contributed by atoms with Gasteiger partial charge >= 0.3 is 0 Å². The molecular weight excluding hydrogens is 380 g/mol. The summed E-state index contributed by atoms with van der Waals surface area (Å²) in [4.78, 5) is 11.7. The van der Waals surface area contributed by atoms with Gasteiger partial charge in [-0.15, -0.1) is 0 Å². The molecule has 3 atom stereocenters. The Balaban J connectivity index is 1.83. The van der Waals surface area contributed by atoms with Gasteiger partial charge in [0.05, 0.1) is 23.6 Å². The molecule has 146 valence electrons. The molecule has 1 aliphatic rings. The third-order valence-electron chi connectivity index (χ3n) is 4.35. The number of rotatable bonds is 8. The Labute approximate surface area is 159 Å². The number of aliphatic hydroxyl groups excluding tert-OH is 1. The molecule has 1 saturated heterocycles. The fraction of sp³-hybridized carbons (Fsp3) is 0.588. The smallest absolute Gasteiger partial charge is 0.240 e. The molecule has 1 aliphatic heterocycles. The van der Waals surface area contributed by atoms with Crippen LogP contribution >= 0.6 is 11.6 Å². The summed E-state index contributed by atoms with van der Waals surface area (Å²) in [6.07, 6.45) is 1.59. The fourth-order valence-electron chi connectivity index (χ4n) is 2.87. The van der Waals surface area contributed by atoms with Crippen molar-refractivity contribution in [3.8, 4) is 0 Å². The summed E-state index contributed by atoms with van der Waals surface area (Å²) in [6.45, 7) is 1.80. The minimum atomic E-state index is -3.60. The van der Waals surface area contributed by atoms with Crippen LogP contribution in [0.2, 0.25) is 5.02 Å². The number of hydrogen-bond acceptors (Lipinski definition) is 5. The van der Waals surface area contributed by atoms with E-state index in [-0.39, 0.29) is 36.1 Å². The van der Waals surface area contributed by atoms with E-state index in [4.69, 9.17) is 16.3 Å². The first-order valence-corrected chi connectivity index (χ1v) is 10.5. The number of halogens is 1. The van der Waals surface area contributed by atoms with E-state index < -0.39 is 16.1 Å². The molecule has 2 rings (SSSR count). The van der Waals surface area contributed by atoms with Crippen LogP contribution in [0.5, 0.6) is 0 Å². The van der Waals surface area contributed by atoms with Gasteiger partial charge in [-0.2, -0.15) is 0 Å². The maximum atomic E-state index is 12.2. The molecule has 3 N–H and O–H groups in total. The van der Waals surface area contributed by atoms with E-state index in [2.05, 4.69) is 10.0 Å². The van der Waals surface area contributed by atoms with Crippen molar-refractivity contribution in [2.45, 2.75) is 55.8 Å². The molecule has 0 saturated carbocycles. The van der Waals surface area contributed by atoms with Crippen LogP contribution in [-0.4, -0.2) is 50.8 Å². The molecule has 0 spiro atoms. The number of carbonyl (C=O) groups excluding carboxylic acids is 1. The van der Waals surface area contributed by atoms with Gasteiger partial charge in [-0.1, -0.05) is 18.5 Å². The highest BCUT2D eigenvalue weighted by molar-refractivity contribution is 7.89. The second-order valence-corrected chi connectivity index (χ2v) is 8.43. The van der Waals surface area contributed by atoms with Crippen LogP contribution in [0.3, 0.4) is 0 Å². The Bertz CT molecular complexity index is 696. The minimum Gasteiger partial charge on any atom is -0.394 e. The third-order valence-corrected chi connectivity index (χ3v) is 6.07. The van der Waals surface area contributed by atoms with Gasteiger partial charge in [-0.25, -0.2) is 13.1 Å². The first kappa shape index (κ1) is 21.1. The monoisotopic (exact) mass is 404 g/mol. The number of sulfonamides is 1. The predicted octanol–water partition coefficient (Wildman–Crippen LogP) is 1.44. The molecule has 0 unspecified atom stereocenters. The number of ether oxygens (including phenoxy) is 1. The first-order valence-electron chi connectivity index (χ1n) is 8.66. The van der Waals surface area contributed by atoms with Crippen molar-refractivity contribution in [1.82, 2.24) is 10.0 Å². The van der Waals surface area contributed by atoms with Crippen molar-refractivity contribution < 1.29 is 23.1 Å². The molecule has 0 bridgehead atoms. The second-order valence-electron chi connectivity index (χ2n) is 6.22. The lowest BCUT2D eigenvalue weighted by Gasteiger charge is -2.36. The van der Waals surface area contributed by atoms with Crippen LogP contribution in [0, 0.1) is 0 Å². The summed E-state index contributed by atoms with van der Waals surface area (Å²) in [5.74, 6) is -0.0776. The zero-order chi connectivity index (χ0) is 19.2. The maximum Gasteiger partial charge on any atom is 0.240 e. The minimum absolute atomic E-state index is 0.0776. The average molecular weight is 405 g/mol. The number of hydrogen-bond donors (Lipinski definition) is 3. The average Bonchev–Trinajstić information content (AvgIpc) is 2.62. The van der Waals surface area contributed by atoms with E-state index in [1.807, 2.05) is 0 Å². The van der Waals surface area contributed by atoms with Crippen LogP contribution in [0.1, 0.15) is 32.6 Å². The molecule has 1 aromatic rings. The second kappa shape index (κ2) is 9.66. The molecule has 0 aliphatic carbocycles.